The zero-order valence-corrected chi connectivity index (χ0v) is 15.0. The van der Waals surface area contributed by atoms with Crippen LogP contribution in [-0.2, 0) is 20.6 Å². The zero-order valence-electron chi connectivity index (χ0n) is 15.0. The van der Waals surface area contributed by atoms with Gasteiger partial charge in [0.2, 0.25) is 0 Å². The van der Waals surface area contributed by atoms with E-state index in [0.717, 1.165) is 15.7 Å². The molecule has 0 atom stereocenters. The van der Waals surface area contributed by atoms with Gasteiger partial charge in [0.25, 0.3) is 5.56 Å². The topological polar surface area (TPSA) is 82.1 Å². The monoisotopic (exact) mass is 362 g/mol. The summed E-state index contributed by atoms with van der Waals surface area (Å²) in [6.45, 7) is 0.432. The fraction of sp³-hybridized carbons (Fsp3) is 0.150. The second kappa shape index (κ2) is 6.28. The van der Waals surface area contributed by atoms with Crippen LogP contribution in [0.5, 0.6) is 5.75 Å². The first kappa shape index (κ1) is 16.8. The minimum atomic E-state index is -0.422. The predicted molar refractivity (Wildman–Crippen MR) is 103 cm³/mol. The van der Waals surface area contributed by atoms with Crippen molar-refractivity contribution in [3.63, 3.8) is 0 Å². The van der Waals surface area contributed by atoms with E-state index in [0.29, 0.717) is 23.5 Å². The molecule has 27 heavy (non-hydrogen) atoms. The van der Waals surface area contributed by atoms with Crippen LogP contribution in [0.1, 0.15) is 5.56 Å². The van der Waals surface area contributed by atoms with E-state index in [1.54, 1.807) is 31.3 Å². The van der Waals surface area contributed by atoms with Crippen molar-refractivity contribution < 1.29 is 5.11 Å². The average molecular weight is 362 g/mol. The third kappa shape index (κ3) is 2.73. The molecule has 0 unspecified atom stereocenters. The Morgan fingerprint density at radius 2 is 1.59 bits per heavy atom. The SMILES string of the molecule is Cn1c(=O)c2c(nc(-c3ccc(O)cc3)n2Cc2ccccc2)n(C)c1=O. The van der Waals surface area contributed by atoms with Crippen LogP contribution in [0.25, 0.3) is 22.6 Å². The summed E-state index contributed by atoms with van der Waals surface area (Å²) in [6, 6.07) is 16.3. The van der Waals surface area contributed by atoms with Gasteiger partial charge in [0.15, 0.2) is 11.2 Å². The molecule has 4 rings (SSSR count). The molecule has 0 spiro atoms. The van der Waals surface area contributed by atoms with E-state index in [1.165, 1.54) is 11.6 Å². The van der Waals surface area contributed by atoms with E-state index in [-0.39, 0.29) is 11.3 Å². The Bertz CT molecular complexity index is 1250. The van der Waals surface area contributed by atoms with Gasteiger partial charge in [0.05, 0.1) is 0 Å². The number of imidazole rings is 1. The molecule has 0 amide bonds. The van der Waals surface area contributed by atoms with Gasteiger partial charge in [-0.05, 0) is 29.8 Å². The fourth-order valence-electron chi connectivity index (χ4n) is 3.20. The number of aromatic nitrogens is 4. The Balaban J connectivity index is 2.07. The number of hydrogen-bond acceptors (Lipinski definition) is 4. The number of aromatic hydroxyl groups is 1. The first-order valence-corrected chi connectivity index (χ1v) is 8.47. The largest absolute Gasteiger partial charge is 0.508 e. The molecule has 0 aliphatic rings. The lowest BCUT2D eigenvalue weighted by Crippen LogP contribution is -2.37. The van der Waals surface area contributed by atoms with E-state index < -0.39 is 5.69 Å². The molecule has 0 bridgehead atoms. The Labute approximate surface area is 154 Å². The molecule has 2 aromatic carbocycles. The summed E-state index contributed by atoms with van der Waals surface area (Å²) in [6.07, 6.45) is 0. The van der Waals surface area contributed by atoms with Gasteiger partial charge in [-0.2, -0.15) is 0 Å². The smallest absolute Gasteiger partial charge is 0.332 e. The standard InChI is InChI=1S/C20H18N4O3/c1-22-18-16(19(26)23(2)20(22)27)24(12-13-6-4-3-5-7-13)17(21-18)14-8-10-15(25)11-9-14/h3-11,25H,12H2,1-2H3. The first-order chi connectivity index (χ1) is 13.0. The summed E-state index contributed by atoms with van der Waals surface area (Å²) in [5.74, 6) is 0.708. The molecule has 2 heterocycles. The highest BCUT2D eigenvalue weighted by Gasteiger charge is 2.20. The second-order valence-electron chi connectivity index (χ2n) is 6.43. The minimum Gasteiger partial charge on any atom is -0.508 e. The van der Waals surface area contributed by atoms with Gasteiger partial charge in [-0.25, -0.2) is 9.78 Å². The average Bonchev–Trinajstić information content (AvgIpc) is 3.05. The molecule has 4 aromatic rings. The lowest BCUT2D eigenvalue weighted by molar-refractivity contribution is 0.475. The highest BCUT2D eigenvalue weighted by Crippen LogP contribution is 2.25. The van der Waals surface area contributed by atoms with Crippen LogP contribution >= 0.6 is 0 Å². The van der Waals surface area contributed by atoms with Gasteiger partial charge in [-0.3, -0.25) is 13.9 Å². The van der Waals surface area contributed by atoms with Gasteiger partial charge in [-0.15, -0.1) is 0 Å². The van der Waals surface area contributed by atoms with E-state index in [4.69, 9.17) is 0 Å². The third-order valence-corrected chi connectivity index (χ3v) is 4.66. The maximum Gasteiger partial charge on any atom is 0.332 e. The molecule has 0 radical (unpaired) electrons. The predicted octanol–water partition coefficient (Wildman–Crippen LogP) is 1.85. The Kier molecular flexibility index (Phi) is 3.92. The molecule has 136 valence electrons. The van der Waals surface area contributed by atoms with Crippen molar-refractivity contribution in [2.45, 2.75) is 6.54 Å². The van der Waals surface area contributed by atoms with Crippen molar-refractivity contribution in [2.75, 3.05) is 0 Å². The number of phenols is 1. The van der Waals surface area contributed by atoms with Gasteiger partial charge in [0.1, 0.15) is 11.6 Å². The summed E-state index contributed by atoms with van der Waals surface area (Å²) >= 11 is 0. The van der Waals surface area contributed by atoms with Gasteiger partial charge < -0.3 is 9.67 Å². The van der Waals surface area contributed by atoms with Crippen LogP contribution in [-0.4, -0.2) is 23.8 Å². The minimum absolute atomic E-state index is 0.146. The van der Waals surface area contributed by atoms with Crippen LogP contribution < -0.4 is 11.2 Å². The number of hydrogen-bond donors (Lipinski definition) is 1. The maximum atomic E-state index is 12.9. The van der Waals surface area contributed by atoms with Crippen molar-refractivity contribution in [2.24, 2.45) is 14.1 Å². The molecule has 0 fully saturated rings. The lowest BCUT2D eigenvalue weighted by Gasteiger charge is -2.10. The van der Waals surface area contributed by atoms with Crippen molar-refractivity contribution in [3.8, 4) is 17.1 Å². The van der Waals surface area contributed by atoms with Crippen molar-refractivity contribution in [3.05, 3.63) is 81.0 Å². The highest BCUT2D eigenvalue weighted by molar-refractivity contribution is 5.77. The van der Waals surface area contributed by atoms with Crippen molar-refractivity contribution in [1.29, 1.82) is 0 Å². The number of benzene rings is 2. The quantitative estimate of drug-likeness (QED) is 0.603. The molecule has 0 saturated heterocycles. The van der Waals surface area contributed by atoms with Crippen LogP contribution in [0.2, 0.25) is 0 Å². The molecule has 0 saturated carbocycles. The number of fused-ring (bicyclic) bond motifs is 1. The molecular weight excluding hydrogens is 344 g/mol. The van der Waals surface area contributed by atoms with Crippen LogP contribution in [0.15, 0.2) is 64.2 Å². The first-order valence-electron chi connectivity index (χ1n) is 8.47. The molecule has 7 heteroatoms. The fourth-order valence-corrected chi connectivity index (χ4v) is 3.20. The molecule has 2 aromatic heterocycles. The number of phenolic OH excluding ortho intramolecular Hbond substituents is 1. The van der Waals surface area contributed by atoms with Crippen LogP contribution in [0.3, 0.4) is 0 Å². The molecule has 0 aliphatic carbocycles. The summed E-state index contributed by atoms with van der Waals surface area (Å²) in [5, 5.41) is 9.58. The van der Waals surface area contributed by atoms with E-state index in [9.17, 15) is 14.7 Å². The number of rotatable bonds is 3. The molecule has 7 nitrogen and oxygen atoms in total. The highest BCUT2D eigenvalue weighted by atomic mass is 16.3. The van der Waals surface area contributed by atoms with Gasteiger partial charge >= 0.3 is 5.69 Å². The summed E-state index contributed by atoms with van der Waals surface area (Å²) in [7, 11) is 3.06. The van der Waals surface area contributed by atoms with E-state index in [2.05, 4.69) is 4.98 Å². The van der Waals surface area contributed by atoms with Gasteiger partial charge in [0, 0.05) is 26.2 Å². The Morgan fingerprint density at radius 3 is 2.26 bits per heavy atom. The van der Waals surface area contributed by atoms with Crippen molar-refractivity contribution >= 4 is 11.2 Å². The lowest BCUT2D eigenvalue weighted by atomic mass is 10.2. The van der Waals surface area contributed by atoms with E-state index >= 15 is 0 Å². The van der Waals surface area contributed by atoms with Crippen LogP contribution in [0, 0.1) is 0 Å². The van der Waals surface area contributed by atoms with Gasteiger partial charge in [-0.1, -0.05) is 30.3 Å². The summed E-state index contributed by atoms with van der Waals surface area (Å²) < 4.78 is 4.28. The zero-order chi connectivity index (χ0) is 19.1. The maximum absolute atomic E-state index is 12.9. The normalized spacial score (nSPS) is 11.2. The molecular formula is C20H18N4O3. The molecule has 1 N–H and O–H groups in total. The summed E-state index contributed by atoms with van der Waals surface area (Å²) in [4.78, 5) is 29.8. The Morgan fingerprint density at radius 1 is 0.926 bits per heavy atom. The number of nitrogens with zero attached hydrogens (tertiary/aromatic N) is 4. The second-order valence-corrected chi connectivity index (χ2v) is 6.43. The Hall–Kier alpha value is -3.61. The van der Waals surface area contributed by atoms with Crippen molar-refractivity contribution in [1.82, 2.24) is 18.7 Å². The summed E-state index contributed by atoms with van der Waals surface area (Å²) in [5.41, 5.74) is 1.64. The van der Waals surface area contributed by atoms with E-state index in [1.807, 2.05) is 34.9 Å². The number of aryl methyl sites for hydroxylation is 1. The third-order valence-electron chi connectivity index (χ3n) is 4.66. The van der Waals surface area contributed by atoms with Crippen LogP contribution in [0.4, 0.5) is 0 Å². The molecule has 0 aliphatic heterocycles.